The lowest BCUT2D eigenvalue weighted by atomic mass is 10.1. The van der Waals surface area contributed by atoms with Crippen LogP contribution in [0.25, 0.3) is 5.57 Å². The molecule has 63 valence electrons. The minimum atomic E-state index is -0.180. The van der Waals surface area contributed by atoms with Crippen molar-refractivity contribution >= 4 is 11.3 Å². The first kappa shape index (κ1) is 8.81. The zero-order valence-electron chi connectivity index (χ0n) is 7.08. The molecule has 1 rings (SSSR count). The smallest absolute Gasteiger partial charge is 0.101 e. The van der Waals surface area contributed by atoms with E-state index in [1.165, 1.54) is 0 Å². The van der Waals surface area contributed by atoms with Crippen molar-refractivity contribution in [3.8, 4) is 0 Å². The molecule has 2 nitrogen and oxygen atoms in total. The van der Waals surface area contributed by atoms with Crippen molar-refractivity contribution in [1.82, 2.24) is 0 Å². The zero-order valence-corrected chi connectivity index (χ0v) is 7.08. The van der Waals surface area contributed by atoms with Crippen molar-refractivity contribution in [3.63, 3.8) is 0 Å². The molecule has 2 heteroatoms. The first-order valence-electron chi connectivity index (χ1n) is 3.85. The first-order valence-corrected chi connectivity index (χ1v) is 3.85. The molecule has 0 spiro atoms. The van der Waals surface area contributed by atoms with Gasteiger partial charge in [0.15, 0.2) is 0 Å². The molecular formula is C10H12NO. The van der Waals surface area contributed by atoms with Gasteiger partial charge in [-0.1, -0.05) is 18.2 Å². The quantitative estimate of drug-likeness (QED) is 0.665. The van der Waals surface area contributed by atoms with Crippen molar-refractivity contribution < 1.29 is 5.11 Å². The van der Waals surface area contributed by atoms with Gasteiger partial charge in [-0.3, -0.25) is 0 Å². The van der Waals surface area contributed by atoms with Gasteiger partial charge in [0, 0.05) is 5.69 Å². The second-order valence-corrected chi connectivity index (χ2v) is 2.68. The molecule has 0 atom stereocenters. The maximum atomic E-state index is 10.3. The standard InChI is InChI=1S/C10H12NO/c1-8(5-6-12)9-3-2-4-10(11)7-9/h2-5,7H,6,11H2,1H3/b8-5-. The summed E-state index contributed by atoms with van der Waals surface area (Å²) >= 11 is 0. The van der Waals surface area contributed by atoms with Crippen LogP contribution in [-0.2, 0) is 5.11 Å². The average Bonchev–Trinajstić information content (AvgIpc) is 2.05. The minimum Gasteiger partial charge on any atom is -0.399 e. The summed E-state index contributed by atoms with van der Waals surface area (Å²) in [5.74, 6) is 0. The van der Waals surface area contributed by atoms with Gasteiger partial charge >= 0.3 is 0 Å². The van der Waals surface area contributed by atoms with E-state index in [9.17, 15) is 5.11 Å². The number of hydrogen-bond acceptors (Lipinski definition) is 1. The van der Waals surface area contributed by atoms with Crippen molar-refractivity contribution in [2.24, 2.45) is 0 Å². The second-order valence-electron chi connectivity index (χ2n) is 2.68. The Kier molecular flexibility index (Phi) is 2.88. The number of benzene rings is 1. The van der Waals surface area contributed by atoms with Crippen molar-refractivity contribution in [3.05, 3.63) is 35.9 Å². The molecule has 0 aromatic heterocycles. The lowest BCUT2D eigenvalue weighted by molar-refractivity contribution is 0.232. The Balaban J connectivity index is 2.95. The van der Waals surface area contributed by atoms with Crippen LogP contribution in [0, 0.1) is 0 Å². The summed E-state index contributed by atoms with van der Waals surface area (Å²) < 4.78 is 0. The van der Waals surface area contributed by atoms with E-state index in [0.29, 0.717) is 0 Å². The predicted molar refractivity (Wildman–Crippen MR) is 50.1 cm³/mol. The van der Waals surface area contributed by atoms with Gasteiger partial charge in [0.1, 0.15) is 6.61 Å². The average molecular weight is 162 g/mol. The number of allylic oxidation sites excluding steroid dienone is 1. The van der Waals surface area contributed by atoms with Crippen LogP contribution in [0.1, 0.15) is 12.5 Å². The molecular weight excluding hydrogens is 150 g/mol. The summed E-state index contributed by atoms with van der Waals surface area (Å²) in [6, 6.07) is 7.51. The van der Waals surface area contributed by atoms with Gasteiger partial charge < -0.3 is 5.73 Å². The van der Waals surface area contributed by atoms with E-state index in [1.54, 1.807) is 6.08 Å². The molecule has 1 radical (unpaired) electrons. The highest BCUT2D eigenvalue weighted by Gasteiger charge is 1.94. The van der Waals surface area contributed by atoms with Gasteiger partial charge in [-0.25, -0.2) is 5.11 Å². The Morgan fingerprint density at radius 1 is 1.58 bits per heavy atom. The molecule has 0 bridgehead atoms. The zero-order chi connectivity index (χ0) is 8.97. The van der Waals surface area contributed by atoms with E-state index >= 15 is 0 Å². The highest BCUT2D eigenvalue weighted by Crippen LogP contribution is 2.15. The molecule has 0 aliphatic carbocycles. The number of rotatable bonds is 2. The van der Waals surface area contributed by atoms with E-state index < -0.39 is 0 Å². The normalized spacial score (nSPS) is 11.7. The summed E-state index contributed by atoms with van der Waals surface area (Å²) in [5.41, 5.74) is 8.32. The Bertz CT molecular complexity index is 292. The predicted octanol–water partition coefficient (Wildman–Crippen LogP) is 2.10. The molecule has 0 aliphatic heterocycles. The number of nitrogens with two attached hydrogens (primary N) is 1. The summed E-state index contributed by atoms with van der Waals surface area (Å²) in [6.07, 6.45) is 1.65. The maximum absolute atomic E-state index is 10.3. The van der Waals surface area contributed by atoms with Gasteiger partial charge in [-0.15, -0.1) is 0 Å². The summed E-state index contributed by atoms with van der Waals surface area (Å²) in [5, 5.41) is 10.3. The van der Waals surface area contributed by atoms with Crippen LogP contribution in [0.3, 0.4) is 0 Å². The topological polar surface area (TPSA) is 45.9 Å². The molecule has 12 heavy (non-hydrogen) atoms. The first-order chi connectivity index (χ1) is 5.74. The largest absolute Gasteiger partial charge is 0.399 e. The fourth-order valence-electron chi connectivity index (χ4n) is 1.03. The highest BCUT2D eigenvalue weighted by atomic mass is 16.2. The fraction of sp³-hybridized carbons (Fsp3) is 0.200. The van der Waals surface area contributed by atoms with E-state index in [2.05, 4.69) is 0 Å². The van der Waals surface area contributed by atoms with Crippen LogP contribution >= 0.6 is 0 Å². The van der Waals surface area contributed by atoms with Gasteiger partial charge in [0.05, 0.1) is 0 Å². The molecule has 0 unspecified atom stereocenters. The highest BCUT2D eigenvalue weighted by molar-refractivity contribution is 5.66. The molecule has 0 saturated heterocycles. The van der Waals surface area contributed by atoms with Crippen LogP contribution in [-0.4, -0.2) is 6.61 Å². The van der Waals surface area contributed by atoms with Gasteiger partial charge in [-0.2, -0.15) is 0 Å². The monoisotopic (exact) mass is 162 g/mol. The van der Waals surface area contributed by atoms with E-state index in [1.807, 2.05) is 31.2 Å². The Labute approximate surface area is 72.3 Å². The lowest BCUT2D eigenvalue weighted by Gasteiger charge is -2.01. The molecule has 2 N–H and O–H groups in total. The number of hydrogen-bond donors (Lipinski definition) is 1. The SMILES string of the molecule is C/C(=C/C[O])c1cccc(N)c1. The van der Waals surface area contributed by atoms with Crippen LogP contribution in [0.2, 0.25) is 0 Å². The molecule has 0 fully saturated rings. The van der Waals surface area contributed by atoms with Gasteiger partial charge in [0.2, 0.25) is 0 Å². The Hall–Kier alpha value is -1.28. The number of anilines is 1. The fourth-order valence-corrected chi connectivity index (χ4v) is 1.03. The van der Waals surface area contributed by atoms with Crippen molar-refractivity contribution in [2.45, 2.75) is 6.92 Å². The maximum Gasteiger partial charge on any atom is 0.101 e. The third-order valence-electron chi connectivity index (χ3n) is 1.73. The summed E-state index contributed by atoms with van der Waals surface area (Å²) in [6.45, 7) is 1.73. The van der Waals surface area contributed by atoms with Crippen molar-refractivity contribution in [2.75, 3.05) is 12.3 Å². The minimum absolute atomic E-state index is 0.180. The molecule has 0 amide bonds. The summed E-state index contributed by atoms with van der Waals surface area (Å²) in [4.78, 5) is 0. The van der Waals surface area contributed by atoms with E-state index in [4.69, 9.17) is 5.73 Å². The van der Waals surface area contributed by atoms with Crippen LogP contribution in [0.5, 0.6) is 0 Å². The van der Waals surface area contributed by atoms with E-state index in [-0.39, 0.29) is 6.61 Å². The molecule has 1 aromatic carbocycles. The van der Waals surface area contributed by atoms with Crippen LogP contribution in [0.15, 0.2) is 30.3 Å². The van der Waals surface area contributed by atoms with Crippen molar-refractivity contribution in [1.29, 1.82) is 0 Å². The van der Waals surface area contributed by atoms with E-state index in [0.717, 1.165) is 16.8 Å². The molecule has 0 aliphatic rings. The molecule has 1 aromatic rings. The summed E-state index contributed by atoms with van der Waals surface area (Å²) in [7, 11) is 0. The second kappa shape index (κ2) is 3.93. The molecule has 0 heterocycles. The number of nitrogen functional groups attached to an aromatic ring is 1. The third kappa shape index (κ3) is 2.10. The Morgan fingerprint density at radius 3 is 2.92 bits per heavy atom. The lowest BCUT2D eigenvalue weighted by Crippen LogP contribution is -1.87. The van der Waals surface area contributed by atoms with Gasteiger partial charge in [-0.05, 0) is 30.2 Å². The van der Waals surface area contributed by atoms with Gasteiger partial charge in [0.25, 0.3) is 0 Å². The van der Waals surface area contributed by atoms with Crippen LogP contribution < -0.4 is 5.73 Å². The Morgan fingerprint density at radius 2 is 2.33 bits per heavy atom. The third-order valence-corrected chi connectivity index (χ3v) is 1.73. The molecule has 0 saturated carbocycles. The van der Waals surface area contributed by atoms with Crippen LogP contribution in [0.4, 0.5) is 5.69 Å².